The first-order valence-electron chi connectivity index (χ1n) is 8.00. The van der Waals surface area contributed by atoms with Crippen LogP contribution >= 0.6 is 11.3 Å². The SMILES string of the molecule is O=C(Nc1cccs1)N[C@@H]1[C@@H](O)CO[C@@H]1Cn1cc(C2CC2)nn1. The van der Waals surface area contributed by atoms with E-state index < -0.39 is 12.1 Å². The van der Waals surface area contributed by atoms with Crippen LogP contribution in [0.1, 0.15) is 24.5 Å². The van der Waals surface area contributed by atoms with Crippen molar-refractivity contribution < 1.29 is 14.6 Å². The van der Waals surface area contributed by atoms with Gasteiger partial charge in [-0.1, -0.05) is 5.21 Å². The highest BCUT2D eigenvalue weighted by atomic mass is 32.1. The van der Waals surface area contributed by atoms with Crippen LogP contribution in [-0.4, -0.2) is 51.0 Å². The normalized spacial score (nSPS) is 26.5. The van der Waals surface area contributed by atoms with Gasteiger partial charge < -0.3 is 15.2 Å². The van der Waals surface area contributed by atoms with E-state index in [9.17, 15) is 9.90 Å². The third kappa shape index (κ3) is 3.42. The molecule has 3 heterocycles. The fourth-order valence-electron chi connectivity index (χ4n) is 2.83. The molecule has 1 saturated carbocycles. The van der Waals surface area contributed by atoms with Gasteiger partial charge in [0.25, 0.3) is 0 Å². The number of ether oxygens (including phenoxy) is 1. The molecule has 0 spiro atoms. The largest absolute Gasteiger partial charge is 0.388 e. The van der Waals surface area contributed by atoms with Gasteiger partial charge in [-0.15, -0.1) is 16.4 Å². The Morgan fingerprint density at radius 1 is 1.50 bits per heavy atom. The number of thiophene rings is 1. The lowest BCUT2D eigenvalue weighted by Crippen LogP contribution is -2.49. The molecule has 0 aromatic carbocycles. The second-order valence-electron chi connectivity index (χ2n) is 6.18. The molecule has 2 fully saturated rings. The summed E-state index contributed by atoms with van der Waals surface area (Å²) < 4.78 is 7.35. The maximum Gasteiger partial charge on any atom is 0.320 e. The Bertz CT molecular complexity index is 700. The van der Waals surface area contributed by atoms with Gasteiger partial charge in [0.15, 0.2) is 0 Å². The first-order valence-corrected chi connectivity index (χ1v) is 8.88. The van der Waals surface area contributed by atoms with Gasteiger partial charge in [0.1, 0.15) is 12.2 Å². The topological polar surface area (TPSA) is 101 Å². The number of aliphatic hydroxyl groups is 1. The highest BCUT2D eigenvalue weighted by Crippen LogP contribution is 2.38. The maximum absolute atomic E-state index is 12.1. The zero-order chi connectivity index (χ0) is 16.5. The molecule has 9 heteroatoms. The van der Waals surface area contributed by atoms with Crippen molar-refractivity contribution in [1.82, 2.24) is 20.3 Å². The van der Waals surface area contributed by atoms with Crippen molar-refractivity contribution in [3.8, 4) is 0 Å². The van der Waals surface area contributed by atoms with Crippen molar-refractivity contribution in [3.63, 3.8) is 0 Å². The number of urea groups is 1. The van der Waals surface area contributed by atoms with E-state index in [0.29, 0.717) is 12.5 Å². The minimum Gasteiger partial charge on any atom is -0.388 e. The van der Waals surface area contributed by atoms with E-state index >= 15 is 0 Å². The van der Waals surface area contributed by atoms with Crippen LogP contribution in [-0.2, 0) is 11.3 Å². The number of aliphatic hydroxyl groups excluding tert-OH is 1. The molecule has 0 unspecified atom stereocenters. The molecule has 8 nitrogen and oxygen atoms in total. The van der Waals surface area contributed by atoms with Gasteiger partial charge in [-0.2, -0.15) is 0 Å². The van der Waals surface area contributed by atoms with Crippen molar-refractivity contribution in [2.24, 2.45) is 0 Å². The molecule has 2 aliphatic rings. The summed E-state index contributed by atoms with van der Waals surface area (Å²) in [6, 6.07) is 2.84. The average Bonchev–Trinajstić information content (AvgIpc) is 2.94. The van der Waals surface area contributed by atoms with E-state index in [-0.39, 0.29) is 18.7 Å². The summed E-state index contributed by atoms with van der Waals surface area (Å²) in [6.07, 6.45) is 3.18. The lowest BCUT2D eigenvalue weighted by molar-refractivity contribution is 0.0748. The van der Waals surface area contributed by atoms with Gasteiger partial charge in [-0.3, -0.25) is 5.32 Å². The van der Waals surface area contributed by atoms with E-state index in [0.717, 1.165) is 10.7 Å². The Kier molecular flexibility index (Phi) is 4.21. The first-order chi connectivity index (χ1) is 11.7. The van der Waals surface area contributed by atoms with Gasteiger partial charge in [0.05, 0.1) is 29.9 Å². The molecular weight excluding hydrogens is 330 g/mol. The van der Waals surface area contributed by atoms with Crippen LogP contribution < -0.4 is 10.6 Å². The number of hydrogen-bond acceptors (Lipinski definition) is 6. The average molecular weight is 349 g/mol. The van der Waals surface area contributed by atoms with E-state index in [1.54, 1.807) is 4.68 Å². The fraction of sp³-hybridized carbons (Fsp3) is 0.533. The smallest absolute Gasteiger partial charge is 0.320 e. The van der Waals surface area contributed by atoms with E-state index in [1.165, 1.54) is 24.2 Å². The Balaban J connectivity index is 1.37. The lowest BCUT2D eigenvalue weighted by atomic mass is 10.1. The summed E-state index contributed by atoms with van der Waals surface area (Å²) in [5.74, 6) is 0.541. The molecule has 2 amide bonds. The molecular formula is C15H19N5O3S. The molecule has 1 aliphatic heterocycles. The van der Waals surface area contributed by atoms with Crippen LogP contribution in [0.5, 0.6) is 0 Å². The van der Waals surface area contributed by atoms with Crippen LogP contribution in [0.2, 0.25) is 0 Å². The minimum absolute atomic E-state index is 0.193. The van der Waals surface area contributed by atoms with Gasteiger partial charge in [-0.25, -0.2) is 9.48 Å². The zero-order valence-corrected chi connectivity index (χ0v) is 13.8. The Morgan fingerprint density at radius 2 is 2.38 bits per heavy atom. The number of amides is 2. The monoisotopic (exact) mass is 349 g/mol. The first kappa shape index (κ1) is 15.6. The Morgan fingerprint density at radius 3 is 3.12 bits per heavy atom. The van der Waals surface area contributed by atoms with Crippen molar-refractivity contribution in [2.45, 2.75) is 43.6 Å². The van der Waals surface area contributed by atoms with Gasteiger partial charge in [-0.05, 0) is 30.4 Å². The van der Waals surface area contributed by atoms with Gasteiger partial charge >= 0.3 is 6.03 Å². The fourth-order valence-corrected chi connectivity index (χ4v) is 3.45. The van der Waals surface area contributed by atoms with Crippen LogP contribution in [0.4, 0.5) is 9.80 Å². The van der Waals surface area contributed by atoms with Crippen LogP contribution in [0, 0.1) is 0 Å². The molecule has 2 aromatic heterocycles. The number of nitrogens with zero attached hydrogens (tertiary/aromatic N) is 3. The highest BCUT2D eigenvalue weighted by Gasteiger charge is 2.38. The second kappa shape index (κ2) is 6.50. The minimum atomic E-state index is -0.740. The molecule has 1 saturated heterocycles. The van der Waals surface area contributed by atoms with E-state index in [1.807, 2.05) is 23.7 Å². The number of anilines is 1. The van der Waals surface area contributed by atoms with Crippen molar-refractivity contribution in [2.75, 3.05) is 11.9 Å². The van der Waals surface area contributed by atoms with E-state index in [4.69, 9.17) is 4.74 Å². The zero-order valence-electron chi connectivity index (χ0n) is 13.0. The summed E-state index contributed by atoms with van der Waals surface area (Å²) in [4.78, 5) is 12.1. The highest BCUT2D eigenvalue weighted by molar-refractivity contribution is 7.14. The molecule has 3 N–H and O–H groups in total. The van der Waals surface area contributed by atoms with Crippen LogP contribution in [0.25, 0.3) is 0 Å². The molecule has 1 aliphatic carbocycles. The van der Waals surface area contributed by atoms with Crippen LogP contribution in [0.3, 0.4) is 0 Å². The third-order valence-corrected chi connectivity index (χ3v) is 5.06. The van der Waals surface area contributed by atoms with Crippen molar-refractivity contribution >= 4 is 22.4 Å². The lowest BCUT2D eigenvalue weighted by Gasteiger charge is -2.21. The number of carbonyl (C=O) groups excluding carboxylic acids is 1. The Hall–Kier alpha value is -1.97. The number of carbonyl (C=O) groups is 1. The van der Waals surface area contributed by atoms with Crippen LogP contribution in [0.15, 0.2) is 23.7 Å². The molecule has 3 atom stereocenters. The summed E-state index contributed by atoms with van der Waals surface area (Å²) >= 11 is 1.44. The van der Waals surface area contributed by atoms with Gasteiger partial charge in [0, 0.05) is 12.1 Å². The summed E-state index contributed by atoms with van der Waals surface area (Å²) in [5.41, 5.74) is 1.01. The number of aromatic nitrogens is 3. The summed E-state index contributed by atoms with van der Waals surface area (Å²) in [5, 5.41) is 26.6. The predicted molar refractivity (Wildman–Crippen MR) is 88.0 cm³/mol. The predicted octanol–water partition coefficient (Wildman–Crippen LogP) is 1.17. The Labute approximate surface area is 142 Å². The summed E-state index contributed by atoms with van der Waals surface area (Å²) in [6.45, 7) is 0.638. The quantitative estimate of drug-likeness (QED) is 0.752. The van der Waals surface area contributed by atoms with E-state index in [2.05, 4.69) is 20.9 Å². The third-order valence-electron chi connectivity index (χ3n) is 4.27. The maximum atomic E-state index is 12.1. The van der Waals surface area contributed by atoms with Gasteiger partial charge in [0.2, 0.25) is 0 Å². The molecule has 0 radical (unpaired) electrons. The van der Waals surface area contributed by atoms with Crippen molar-refractivity contribution in [1.29, 1.82) is 0 Å². The number of rotatable bonds is 5. The molecule has 4 rings (SSSR count). The molecule has 2 aromatic rings. The standard InChI is InChI=1S/C15H19N5O3S/c21-11-8-23-12(7-20-6-10(18-19-20)9-3-4-9)14(11)17-15(22)16-13-2-1-5-24-13/h1-2,5-6,9,11-12,14,21H,3-4,7-8H2,(H2,16,17,22)/t11-,12+,14+/m0/s1. The van der Waals surface area contributed by atoms with Crippen molar-refractivity contribution in [3.05, 3.63) is 29.4 Å². The summed E-state index contributed by atoms with van der Waals surface area (Å²) in [7, 11) is 0. The molecule has 128 valence electrons. The number of nitrogens with one attached hydrogen (secondary N) is 2. The second-order valence-corrected chi connectivity index (χ2v) is 7.13. The molecule has 0 bridgehead atoms. The number of hydrogen-bond donors (Lipinski definition) is 3. The molecule has 24 heavy (non-hydrogen) atoms.